The molecule has 0 aliphatic rings. The molecule has 0 aromatic heterocycles. The lowest BCUT2D eigenvalue weighted by atomic mass is 10.6. The number of thiocarbonyl (C=S) groups is 1. The molecule has 0 rings (SSSR count). The highest BCUT2D eigenvalue weighted by Crippen LogP contribution is 2.04. The van der Waals surface area contributed by atoms with Crippen LogP contribution in [0.4, 0.5) is 0 Å². The summed E-state index contributed by atoms with van der Waals surface area (Å²) in [6.07, 6.45) is 1.15. The molecule has 0 fully saturated rings. The maximum atomic E-state index is 5.20. The molecule has 4 heteroatoms. The van der Waals surface area contributed by atoms with Crippen molar-refractivity contribution in [1.29, 1.82) is 0 Å². The molecule has 0 aromatic rings. The molecular weight excluding hydrogens is 164 g/mol. The van der Waals surface area contributed by atoms with Gasteiger partial charge in [0.15, 0.2) is 5.11 Å². The summed E-state index contributed by atoms with van der Waals surface area (Å²) >= 11 is 6.29. The zero-order valence-electron chi connectivity index (χ0n) is 6.26. The molecule has 0 aliphatic heterocycles. The van der Waals surface area contributed by atoms with Crippen LogP contribution in [0.2, 0.25) is 0 Å². The fraction of sp³-hybridized carbons (Fsp3) is 0.667. The predicted molar refractivity (Wildman–Crippen MR) is 52.6 cm³/mol. The number of nitrogens with zero attached hydrogens (tertiary/aromatic N) is 1. The van der Waals surface area contributed by atoms with Gasteiger partial charge < -0.3 is 5.73 Å². The molecule has 0 bridgehead atoms. The van der Waals surface area contributed by atoms with Crippen molar-refractivity contribution in [2.24, 2.45) is 10.7 Å². The van der Waals surface area contributed by atoms with Gasteiger partial charge >= 0.3 is 0 Å². The van der Waals surface area contributed by atoms with Crippen molar-refractivity contribution >= 4 is 34.1 Å². The summed E-state index contributed by atoms with van der Waals surface area (Å²) in [4.78, 5) is 3.90. The summed E-state index contributed by atoms with van der Waals surface area (Å²) < 4.78 is 0. The number of hydrogen-bond donors (Lipinski definition) is 1. The Balaban J connectivity index is 3.60. The van der Waals surface area contributed by atoms with Crippen LogP contribution in [0.25, 0.3) is 0 Å². The maximum absolute atomic E-state index is 5.20. The molecule has 2 nitrogen and oxygen atoms in total. The summed E-state index contributed by atoms with van der Waals surface area (Å²) in [7, 11) is 0. The summed E-state index contributed by atoms with van der Waals surface area (Å²) in [5.74, 6) is 1.08. The van der Waals surface area contributed by atoms with E-state index in [9.17, 15) is 0 Å². The van der Waals surface area contributed by atoms with Crippen LogP contribution in [0.5, 0.6) is 0 Å². The van der Waals surface area contributed by atoms with E-state index in [0.29, 0.717) is 0 Å². The highest BCUT2D eigenvalue weighted by Gasteiger charge is 1.90. The van der Waals surface area contributed by atoms with Crippen LogP contribution in [-0.4, -0.2) is 15.9 Å². The first-order valence-electron chi connectivity index (χ1n) is 3.14. The third-order valence-electron chi connectivity index (χ3n) is 0.783. The average Bonchev–Trinajstić information content (AvgIpc) is 1.82. The Labute approximate surface area is 71.3 Å². The van der Waals surface area contributed by atoms with Crippen molar-refractivity contribution in [2.75, 3.05) is 5.75 Å². The minimum absolute atomic E-state index is 0.223. The second kappa shape index (κ2) is 5.68. The molecule has 0 amide bonds. The molecule has 10 heavy (non-hydrogen) atoms. The number of nitrogens with two attached hydrogens (primary N) is 1. The molecule has 0 aromatic carbocycles. The number of aliphatic imine (C=N–C) groups is 1. The van der Waals surface area contributed by atoms with Gasteiger partial charge in [-0.05, 0) is 31.3 Å². The van der Waals surface area contributed by atoms with Crippen LogP contribution >= 0.6 is 24.0 Å². The van der Waals surface area contributed by atoms with Crippen molar-refractivity contribution in [2.45, 2.75) is 20.3 Å². The Morgan fingerprint density at radius 1 is 1.70 bits per heavy atom. The second-order valence-corrected chi connectivity index (χ2v) is 3.52. The quantitative estimate of drug-likeness (QED) is 0.396. The highest BCUT2D eigenvalue weighted by atomic mass is 32.2. The van der Waals surface area contributed by atoms with E-state index >= 15 is 0 Å². The highest BCUT2D eigenvalue weighted by molar-refractivity contribution is 8.13. The normalized spacial score (nSPS) is 11.6. The van der Waals surface area contributed by atoms with Gasteiger partial charge in [-0.3, -0.25) is 0 Å². The van der Waals surface area contributed by atoms with Crippen molar-refractivity contribution in [1.82, 2.24) is 0 Å². The van der Waals surface area contributed by atoms with E-state index < -0.39 is 0 Å². The zero-order valence-corrected chi connectivity index (χ0v) is 7.89. The average molecular weight is 176 g/mol. The first-order chi connectivity index (χ1) is 4.66. The summed E-state index contributed by atoms with van der Waals surface area (Å²) in [6.45, 7) is 4.04. The number of thioether (sulfide) groups is 1. The Morgan fingerprint density at radius 2 is 2.30 bits per heavy atom. The zero-order chi connectivity index (χ0) is 7.98. The second-order valence-electron chi connectivity index (χ2n) is 1.82. The van der Waals surface area contributed by atoms with Crippen LogP contribution in [0.15, 0.2) is 4.99 Å². The Hall–Kier alpha value is -0.0900. The van der Waals surface area contributed by atoms with Crippen LogP contribution in [0, 0.1) is 0 Å². The van der Waals surface area contributed by atoms with Crippen molar-refractivity contribution in [3.63, 3.8) is 0 Å². The van der Waals surface area contributed by atoms with Gasteiger partial charge in [-0.25, -0.2) is 4.99 Å². The maximum Gasteiger partial charge on any atom is 0.190 e. The lowest BCUT2D eigenvalue weighted by Gasteiger charge is -1.95. The third kappa shape index (κ3) is 6.04. The smallest absolute Gasteiger partial charge is 0.190 e. The van der Waals surface area contributed by atoms with E-state index in [1.807, 2.05) is 6.92 Å². The van der Waals surface area contributed by atoms with Gasteiger partial charge in [0.2, 0.25) is 0 Å². The summed E-state index contributed by atoms with van der Waals surface area (Å²) in [6, 6.07) is 0. The van der Waals surface area contributed by atoms with E-state index in [2.05, 4.69) is 24.1 Å². The van der Waals surface area contributed by atoms with Crippen LogP contribution < -0.4 is 5.73 Å². The van der Waals surface area contributed by atoms with Gasteiger partial charge in [-0.2, -0.15) is 0 Å². The van der Waals surface area contributed by atoms with Gasteiger partial charge in [-0.1, -0.05) is 6.92 Å². The first kappa shape index (κ1) is 9.91. The van der Waals surface area contributed by atoms with E-state index in [4.69, 9.17) is 5.73 Å². The molecule has 0 saturated carbocycles. The van der Waals surface area contributed by atoms with Crippen molar-refractivity contribution in [3.05, 3.63) is 0 Å². The summed E-state index contributed by atoms with van der Waals surface area (Å²) in [5.41, 5.74) is 5.20. The van der Waals surface area contributed by atoms with E-state index in [1.165, 1.54) is 0 Å². The minimum Gasteiger partial charge on any atom is -0.374 e. The molecule has 0 radical (unpaired) electrons. The molecule has 0 aliphatic carbocycles. The van der Waals surface area contributed by atoms with Gasteiger partial charge in [-0.15, -0.1) is 11.8 Å². The lowest BCUT2D eigenvalue weighted by Crippen LogP contribution is -2.05. The van der Waals surface area contributed by atoms with E-state index in [-0.39, 0.29) is 5.11 Å². The predicted octanol–water partition coefficient (Wildman–Crippen LogP) is 1.79. The first-order valence-corrected chi connectivity index (χ1v) is 4.53. The summed E-state index contributed by atoms with van der Waals surface area (Å²) in [5, 5.41) is 1.18. The van der Waals surface area contributed by atoms with E-state index in [1.54, 1.807) is 11.8 Å². The monoisotopic (exact) mass is 176 g/mol. The SMILES string of the molecule is CCCSC(C)=NC(N)=S. The van der Waals surface area contributed by atoms with Crippen LogP contribution in [0.1, 0.15) is 20.3 Å². The number of rotatable bonds is 2. The molecule has 0 heterocycles. The minimum atomic E-state index is 0.223. The Bertz CT molecular complexity index is 143. The molecule has 0 spiro atoms. The number of hydrogen-bond acceptors (Lipinski definition) is 2. The Morgan fingerprint density at radius 3 is 2.70 bits per heavy atom. The molecule has 2 N–H and O–H groups in total. The topological polar surface area (TPSA) is 38.4 Å². The molecule has 0 unspecified atom stereocenters. The molecule has 0 saturated heterocycles. The Kier molecular flexibility index (Phi) is 5.63. The van der Waals surface area contributed by atoms with Crippen LogP contribution in [-0.2, 0) is 0 Å². The van der Waals surface area contributed by atoms with Crippen molar-refractivity contribution in [3.8, 4) is 0 Å². The van der Waals surface area contributed by atoms with Gasteiger partial charge in [0.25, 0.3) is 0 Å². The van der Waals surface area contributed by atoms with Gasteiger partial charge in [0, 0.05) is 0 Å². The fourth-order valence-electron chi connectivity index (χ4n) is 0.437. The standard InChI is InChI=1S/C6H12N2S2/c1-3-4-10-5(2)8-6(7)9/h3-4H2,1-2H3,(H2,7,9). The van der Waals surface area contributed by atoms with Crippen molar-refractivity contribution < 1.29 is 0 Å². The van der Waals surface area contributed by atoms with Gasteiger partial charge in [0.1, 0.15) is 0 Å². The van der Waals surface area contributed by atoms with Gasteiger partial charge in [0.05, 0.1) is 5.04 Å². The molecule has 58 valence electrons. The third-order valence-corrected chi connectivity index (χ3v) is 2.00. The lowest BCUT2D eigenvalue weighted by molar-refractivity contribution is 1.11. The molecule has 0 atom stereocenters. The van der Waals surface area contributed by atoms with Crippen LogP contribution in [0.3, 0.4) is 0 Å². The largest absolute Gasteiger partial charge is 0.374 e. The molecular formula is C6H12N2S2. The van der Waals surface area contributed by atoms with E-state index in [0.717, 1.165) is 17.2 Å². The fourth-order valence-corrected chi connectivity index (χ4v) is 1.29.